The molecule has 304 valence electrons. The van der Waals surface area contributed by atoms with E-state index in [1.807, 2.05) is 12.1 Å². The van der Waals surface area contributed by atoms with Gasteiger partial charge in [0.25, 0.3) is 0 Å². The van der Waals surface area contributed by atoms with Crippen LogP contribution >= 0.6 is 0 Å². The minimum atomic E-state index is 0.876. The van der Waals surface area contributed by atoms with Gasteiger partial charge < -0.3 is 14.0 Å². The Morgan fingerprint density at radius 1 is 0.292 bits per heavy atom. The van der Waals surface area contributed by atoms with E-state index in [0.29, 0.717) is 0 Å². The highest BCUT2D eigenvalue weighted by molar-refractivity contribution is 6.11. The van der Waals surface area contributed by atoms with Gasteiger partial charge in [-0.2, -0.15) is 0 Å². The van der Waals surface area contributed by atoms with Crippen molar-refractivity contribution in [3.63, 3.8) is 0 Å². The first kappa shape index (κ1) is 37.9. The van der Waals surface area contributed by atoms with Crippen LogP contribution in [0, 0.1) is 12.3 Å². The third-order valence-electron chi connectivity index (χ3n) is 12.8. The van der Waals surface area contributed by atoms with E-state index in [-0.39, 0.29) is 0 Å². The Kier molecular flexibility index (Phi) is 9.22. The second kappa shape index (κ2) is 15.8. The van der Waals surface area contributed by atoms with Gasteiger partial charge in [0.2, 0.25) is 0 Å². The number of aromatic nitrogens is 2. The van der Waals surface area contributed by atoms with E-state index in [0.717, 1.165) is 56.3 Å². The molecule has 0 atom stereocenters. The van der Waals surface area contributed by atoms with Crippen LogP contribution in [0.3, 0.4) is 0 Å². The van der Waals surface area contributed by atoms with Crippen LogP contribution in [0.4, 0.5) is 17.1 Å². The van der Waals surface area contributed by atoms with E-state index < -0.39 is 0 Å². The van der Waals surface area contributed by atoms with E-state index >= 15 is 0 Å². The van der Waals surface area contributed by atoms with E-state index in [1.54, 1.807) is 0 Å². The summed E-state index contributed by atoms with van der Waals surface area (Å²) in [6, 6.07) is 87.3. The van der Waals surface area contributed by atoms with Crippen LogP contribution in [0.25, 0.3) is 88.4 Å². The Hall–Kier alpha value is -8.84. The fraction of sp³-hybridized carbons (Fsp3) is 0. The Bertz CT molecular complexity index is 3520. The first-order chi connectivity index (χ1) is 32.2. The molecule has 0 N–H and O–H groups in total. The van der Waals surface area contributed by atoms with Gasteiger partial charge in [0.05, 0.1) is 22.1 Å². The molecule has 10 aromatic carbocycles. The van der Waals surface area contributed by atoms with Gasteiger partial charge in [0, 0.05) is 55.5 Å². The molecule has 0 unspecified atom stereocenters. The van der Waals surface area contributed by atoms with E-state index in [9.17, 15) is 0 Å². The lowest BCUT2D eigenvalue weighted by atomic mass is 10.0. The minimum Gasteiger partial charge on any atom is -0.311 e. The third kappa shape index (κ3) is 6.65. The molecule has 0 bridgehead atoms. The second-order valence-electron chi connectivity index (χ2n) is 16.5. The Morgan fingerprint density at radius 3 is 1.02 bits per heavy atom. The summed E-state index contributed by atoms with van der Waals surface area (Å²) in [5, 5.41) is 4.97. The van der Waals surface area contributed by atoms with Crippen LogP contribution in [0.5, 0.6) is 0 Å². The smallest absolute Gasteiger partial charge is 0.0541 e. The molecule has 0 fully saturated rings. The van der Waals surface area contributed by atoms with Gasteiger partial charge in [0.15, 0.2) is 0 Å². The molecule has 0 saturated carbocycles. The van der Waals surface area contributed by atoms with Crippen LogP contribution in [-0.4, -0.2) is 9.13 Å². The summed E-state index contributed by atoms with van der Waals surface area (Å²) in [5.41, 5.74) is 18.2. The monoisotopic (exact) mass is 827 g/mol. The molecular formula is C62H41N3. The number of rotatable bonds is 8. The minimum absolute atomic E-state index is 0.876. The molecule has 2 heterocycles. The molecule has 12 rings (SSSR count). The van der Waals surface area contributed by atoms with Crippen LogP contribution < -0.4 is 4.90 Å². The van der Waals surface area contributed by atoms with Crippen molar-refractivity contribution >= 4 is 60.7 Å². The van der Waals surface area contributed by atoms with Gasteiger partial charge in [-0.3, -0.25) is 0 Å². The fourth-order valence-corrected chi connectivity index (χ4v) is 9.63. The number of fused-ring (bicyclic) bond motifs is 6. The lowest BCUT2D eigenvalue weighted by molar-refractivity contribution is 1.18. The normalized spacial score (nSPS) is 11.4. The van der Waals surface area contributed by atoms with Gasteiger partial charge >= 0.3 is 0 Å². The van der Waals surface area contributed by atoms with Crippen molar-refractivity contribution in [3.8, 4) is 57.1 Å². The molecule has 0 radical (unpaired) electrons. The molecular weight excluding hydrogens is 787 g/mol. The van der Waals surface area contributed by atoms with Gasteiger partial charge in [-0.25, -0.2) is 0 Å². The van der Waals surface area contributed by atoms with Gasteiger partial charge in [-0.15, -0.1) is 6.42 Å². The van der Waals surface area contributed by atoms with E-state index in [2.05, 4.69) is 250 Å². The zero-order valence-corrected chi connectivity index (χ0v) is 35.5. The van der Waals surface area contributed by atoms with Crippen LogP contribution in [-0.2, 0) is 0 Å². The molecule has 0 saturated heterocycles. The standard InChI is InChI=1S/C62H41N3/c1-2-43-21-23-44(24-22-43)45-25-33-52(34-26-45)63(53-35-27-46(28-36-53)48-31-39-61-57(41-48)55-17-9-11-19-59(55)64(61)50-13-5-3-6-14-50)54-37-29-47(30-38-54)49-32-40-62-58(42-49)56-18-10-12-20-60(56)65(62)51-15-7-4-8-16-51/h1,3-42H. The summed E-state index contributed by atoms with van der Waals surface area (Å²) in [7, 11) is 0. The van der Waals surface area contributed by atoms with E-state index in [4.69, 9.17) is 6.42 Å². The molecule has 0 spiro atoms. The van der Waals surface area contributed by atoms with Crippen LogP contribution in [0.2, 0.25) is 0 Å². The highest BCUT2D eigenvalue weighted by Gasteiger charge is 2.17. The summed E-state index contributed by atoms with van der Waals surface area (Å²) in [6.07, 6.45) is 5.66. The van der Waals surface area contributed by atoms with Crippen LogP contribution in [0.1, 0.15) is 5.56 Å². The van der Waals surface area contributed by atoms with Crippen molar-refractivity contribution in [2.75, 3.05) is 4.90 Å². The van der Waals surface area contributed by atoms with Crippen LogP contribution in [0.15, 0.2) is 243 Å². The Balaban J connectivity index is 0.919. The van der Waals surface area contributed by atoms with E-state index in [1.165, 1.54) is 54.7 Å². The molecule has 65 heavy (non-hydrogen) atoms. The van der Waals surface area contributed by atoms with Crippen molar-refractivity contribution < 1.29 is 0 Å². The summed E-state index contributed by atoms with van der Waals surface area (Å²) in [6.45, 7) is 0. The largest absolute Gasteiger partial charge is 0.311 e. The van der Waals surface area contributed by atoms with Crippen molar-refractivity contribution in [1.82, 2.24) is 9.13 Å². The second-order valence-corrected chi connectivity index (χ2v) is 16.5. The lowest BCUT2D eigenvalue weighted by Crippen LogP contribution is -2.09. The topological polar surface area (TPSA) is 13.1 Å². The summed E-state index contributed by atoms with van der Waals surface area (Å²) in [5.74, 6) is 2.73. The van der Waals surface area contributed by atoms with Crippen molar-refractivity contribution in [1.29, 1.82) is 0 Å². The molecule has 0 aliphatic carbocycles. The highest BCUT2D eigenvalue weighted by atomic mass is 15.1. The quantitative estimate of drug-likeness (QED) is 0.139. The van der Waals surface area contributed by atoms with Crippen molar-refractivity contribution in [2.45, 2.75) is 0 Å². The number of nitrogens with zero attached hydrogens (tertiary/aromatic N) is 3. The average Bonchev–Trinajstić information content (AvgIpc) is 3.90. The predicted molar refractivity (Wildman–Crippen MR) is 274 cm³/mol. The number of anilines is 3. The fourth-order valence-electron chi connectivity index (χ4n) is 9.63. The Morgan fingerprint density at radius 2 is 0.615 bits per heavy atom. The first-order valence-corrected chi connectivity index (χ1v) is 22.0. The van der Waals surface area contributed by atoms with Crippen molar-refractivity contribution in [2.24, 2.45) is 0 Å². The first-order valence-electron chi connectivity index (χ1n) is 22.0. The zero-order chi connectivity index (χ0) is 43.3. The van der Waals surface area contributed by atoms with Crippen molar-refractivity contribution in [3.05, 3.63) is 248 Å². The maximum absolute atomic E-state index is 5.66. The maximum atomic E-state index is 5.66. The molecule has 0 aliphatic rings. The number of para-hydroxylation sites is 4. The highest BCUT2D eigenvalue weighted by Crippen LogP contribution is 2.41. The molecule has 3 nitrogen and oxygen atoms in total. The number of terminal acetylenes is 1. The molecule has 3 heteroatoms. The average molecular weight is 828 g/mol. The number of hydrogen-bond donors (Lipinski definition) is 0. The van der Waals surface area contributed by atoms with Gasteiger partial charge in [-0.05, 0) is 143 Å². The summed E-state index contributed by atoms with van der Waals surface area (Å²) >= 11 is 0. The third-order valence-corrected chi connectivity index (χ3v) is 12.8. The molecule has 0 aliphatic heterocycles. The van der Waals surface area contributed by atoms with Gasteiger partial charge in [-0.1, -0.05) is 139 Å². The number of benzene rings is 10. The SMILES string of the molecule is C#Cc1ccc(-c2ccc(N(c3ccc(-c4ccc5c(c4)c4ccccc4n5-c4ccccc4)cc3)c3ccc(-c4ccc5c(c4)c4ccccc4n5-c4ccccc4)cc3)cc2)cc1. The predicted octanol–water partition coefficient (Wildman–Crippen LogP) is 16.3. The Labute approximate surface area is 378 Å². The maximum Gasteiger partial charge on any atom is 0.0541 e. The summed E-state index contributed by atoms with van der Waals surface area (Å²) < 4.78 is 4.72. The molecule has 12 aromatic rings. The number of hydrogen-bond acceptors (Lipinski definition) is 1. The molecule has 0 amide bonds. The van der Waals surface area contributed by atoms with Gasteiger partial charge in [0.1, 0.15) is 0 Å². The zero-order valence-electron chi connectivity index (χ0n) is 35.5. The summed E-state index contributed by atoms with van der Waals surface area (Å²) in [4.78, 5) is 2.34. The molecule has 2 aromatic heterocycles. The lowest BCUT2D eigenvalue weighted by Gasteiger charge is -2.26.